The number of Topliss-reactive ketones (excluding diaryl/α,β-unsaturated/α-hetero) is 1. The molecule has 2 fully saturated rings. The number of aliphatic hydroxyl groups excluding tert-OH is 1. The largest absolute Gasteiger partial charge is 0.515 e. The highest BCUT2D eigenvalue weighted by Gasteiger charge is 2.60. The second-order valence-electron chi connectivity index (χ2n) is 10.1. The molecular weight excluding hydrogens is 455 g/mol. The summed E-state index contributed by atoms with van der Waals surface area (Å²) in [5, 5.41) is 13.4. The molecule has 1 heterocycles. The Morgan fingerprint density at radius 2 is 2.15 bits per heavy atom. The van der Waals surface area contributed by atoms with E-state index in [1.54, 1.807) is 0 Å². The van der Waals surface area contributed by atoms with Crippen molar-refractivity contribution in [1.82, 2.24) is 4.98 Å². The molecule has 0 saturated heterocycles. The molecule has 1 amide bonds. The molecule has 5 rings (SSSR count). The number of aryl methyl sites for hydroxylation is 1. The van der Waals surface area contributed by atoms with Crippen LogP contribution in [0.2, 0.25) is 5.02 Å². The molecule has 5 nitrogen and oxygen atoms in total. The summed E-state index contributed by atoms with van der Waals surface area (Å²) in [5.74, 6) is -0.269. The van der Waals surface area contributed by atoms with Gasteiger partial charge in [-0.1, -0.05) is 30.7 Å². The van der Waals surface area contributed by atoms with E-state index >= 15 is 0 Å². The van der Waals surface area contributed by atoms with Crippen molar-refractivity contribution in [2.24, 2.45) is 23.2 Å². The number of nitrogens with zero attached hydrogens (tertiary/aromatic N) is 1. The Balaban J connectivity index is 1.40. The van der Waals surface area contributed by atoms with E-state index in [0.29, 0.717) is 23.8 Å². The number of hydrogen-bond acceptors (Lipinski definition) is 4. The number of fused-ring (bicyclic) bond motifs is 5. The summed E-state index contributed by atoms with van der Waals surface area (Å²) in [5.41, 5.74) is 2.51. The lowest BCUT2D eigenvalue weighted by molar-refractivity contribution is -0.127. The second kappa shape index (κ2) is 8.81. The summed E-state index contributed by atoms with van der Waals surface area (Å²) in [4.78, 5) is 29.7. The smallest absolute Gasteiger partial charge is 0.225 e. The molecule has 5 atom stereocenters. The van der Waals surface area contributed by atoms with Crippen LogP contribution in [0.15, 0.2) is 48.2 Å². The third-order valence-corrected chi connectivity index (χ3v) is 8.59. The van der Waals surface area contributed by atoms with Gasteiger partial charge in [0.2, 0.25) is 11.9 Å². The highest BCUT2D eigenvalue weighted by molar-refractivity contribution is 6.30. The molecule has 3 aliphatic carbocycles. The molecule has 0 spiro atoms. The number of benzene rings is 1. The Kier molecular flexibility index (Phi) is 5.96. The molecule has 2 saturated carbocycles. The van der Waals surface area contributed by atoms with Gasteiger partial charge in [-0.3, -0.25) is 9.59 Å². The van der Waals surface area contributed by atoms with Crippen molar-refractivity contribution >= 4 is 29.1 Å². The lowest BCUT2D eigenvalue weighted by atomic mass is 9.54. The monoisotopic (exact) mass is 482 g/mol. The number of rotatable bonds is 4. The van der Waals surface area contributed by atoms with Crippen LogP contribution in [0.1, 0.15) is 56.1 Å². The zero-order valence-corrected chi connectivity index (χ0v) is 19.8. The maximum absolute atomic E-state index is 13.4. The summed E-state index contributed by atoms with van der Waals surface area (Å²) in [6.45, 7) is 2.04. The third kappa shape index (κ3) is 3.82. The van der Waals surface area contributed by atoms with E-state index in [9.17, 15) is 19.1 Å². The number of aromatic nitrogens is 1. The van der Waals surface area contributed by atoms with Crippen molar-refractivity contribution in [1.29, 1.82) is 0 Å². The Bertz CT molecular complexity index is 1180. The Hall–Kier alpha value is -2.73. The van der Waals surface area contributed by atoms with Gasteiger partial charge < -0.3 is 10.4 Å². The summed E-state index contributed by atoms with van der Waals surface area (Å²) < 4.78 is 13.4. The van der Waals surface area contributed by atoms with E-state index in [2.05, 4.69) is 22.4 Å². The normalized spacial score (nSPS) is 31.0. The number of hydrogen-bond donors (Lipinski definition) is 2. The number of nitrogens with one attached hydrogen (secondary N) is 1. The maximum Gasteiger partial charge on any atom is 0.225 e. The minimum Gasteiger partial charge on any atom is -0.515 e. The molecule has 0 bridgehead atoms. The van der Waals surface area contributed by atoms with Gasteiger partial charge in [-0.25, -0.2) is 4.98 Å². The fourth-order valence-corrected chi connectivity index (χ4v) is 7.15. The first-order chi connectivity index (χ1) is 16.3. The summed E-state index contributed by atoms with van der Waals surface area (Å²) in [6.07, 6.45) is 5.12. The zero-order valence-electron chi connectivity index (χ0n) is 19.1. The average molecular weight is 483 g/mol. The lowest BCUT2D eigenvalue weighted by Gasteiger charge is -2.49. The predicted octanol–water partition coefficient (Wildman–Crippen LogP) is 6.00. The summed E-state index contributed by atoms with van der Waals surface area (Å²) in [6, 6.07) is 10.4. The highest BCUT2D eigenvalue weighted by atomic mass is 35.5. The molecule has 7 heteroatoms. The van der Waals surface area contributed by atoms with Crippen LogP contribution in [-0.2, 0) is 16.0 Å². The van der Waals surface area contributed by atoms with E-state index in [4.69, 9.17) is 11.6 Å². The summed E-state index contributed by atoms with van der Waals surface area (Å²) >= 11 is 6.24. The van der Waals surface area contributed by atoms with Crippen LogP contribution in [0.4, 0.5) is 10.2 Å². The standard InChI is InChI=1S/C27H28ClFN2O3/c1-27-12-11-18-17-8-6-16(28)13-15(17)5-7-19(18)25(27)20(21(14-32)26(27)34)9-10-24(33)31-23-4-2-3-22(29)30-23/h2-4,6,8,13-14,18-20,25,32H,5,7,9-12H2,1H3,(H,30,31,33)/b21-14-/t18?,19?,20-,25?,27+/m1/s1. The van der Waals surface area contributed by atoms with Crippen LogP contribution in [-0.4, -0.2) is 21.8 Å². The van der Waals surface area contributed by atoms with E-state index in [1.807, 2.05) is 13.0 Å². The number of carbonyl (C=O) groups excluding carboxylic acids is 2. The van der Waals surface area contributed by atoms with Crippen molar-refractivity contribution in [3.63, 3.8) is 0 Å². The van der Waals surface area contributed by atoms with Gasteiger partial charge in [0.15, 0.2) is 5.78 Å². The zero-order chi connectivity index (χ0) is 24.0. The first kappa shape index (κ1) is 23.0. The van der Waals surface area contributed by atoms with Gasteiger partial charge in [0.05, 0.1) is 6.26 Å². The maximum atomic E-state index is 13.4. The second-order valence-corrected chi connectivity index (χ2v) is 10.5. The first-order valence-electron chi connectivity index (χ1n) is 11.9. The number of amides is 1. The van der Waals surface area contributed by atoms with Crippen molar-refractivity contribution < 1.29 is 19.1 Å². The molecule has 2 aromatic rings. The number of allylic oxidation sites excluding steroid dienone is 1. The Morgan fingerprint density at radius 1 is 1.32 bits per heavy atom. The molecule has 34 heavy (non-hydrogen) atoms. The SMILES string of the molecule is C[C@]12CCC3c4ccc(Cl)cc4CCC3C1[C@H](CCC(=O)Nc1cccc(F)n1)/C(=C/O)C2=O. The van der Waals surface area contributed by atoms with Gasteiger partial charge in [-0.05, 0) is 91.2 Å². The molecule has 2 N–H and O–H groups in total. The Labute approximate surface area is 203 Å². The van der Waals surface area contributed by atoms with Crippen LogP contribution in [0, 0.1) is 29.1 Å². The van der Waals surface area contributed by atoms with E-state index in [0.717, 1.165) is 37.0 Å². The number of pyridine rings is 1. The molecule has 1 aromatic carbocycles. The van der Waals surface area contributed by atoms with Crippen molar-refractivity contribution in [2.75, 3.05) is 5.32 Å². The summed E-state index contributed by atoms with van der Waals surface area (Å²) in [7, 11) is 0. The molecule has 0 aliphatic heterocycles. The van der Waals surface area contributed by atoms with E-state index in [1.165, 1.54) is 29.3 Å². The molecule has 1 aromatic heterocycles. The van der Waals surface area contributed by atoms with Crippen LogP contribution in [0.5, 0.6) is 0 Å². The number of anilines is 1. The third-order valence-electron chi connectivity index (χ3n) is 8.36. The number of aliphatic hydroxyl groups is 1. The van der Waals surface area contributed by atoms with Gasteiger partial charge in [0.25, 0.3) is 0 Å². The van der Waals surface area contributed by atoms with E-state index in [-0.39, 0.29) is 35.8 Å². The fraction of sp³-hybridized carbons (Fsp3) is 0.444. The van der Waals surface area contributed by atoms with Crippen LogP contribution in [0.25, 0.3) is 0 Å². The molecular formula is C27H28ClFN2O3. The van der Waals surface area contributed by atoms with Gasteiger partial charge in [-0.2, -0.15) is 4.39 Å². The predicted molar refractivity (Wildman–Crippen MR) is 128 cm³/mol. The Morgan fingerprint density at radius 3 is 2.91 bits per heavy atom. The average Bonchev–Trinajstić information content (AvgIpc) is 3.03. The first-order valence-corrected chi connectivity index (χ1v) is 12.3. The minimum absolute atomic E-state index is 0.0116. The molecule has 178 valence electrons. The van der Waals surface area contributed by atoms with Crippen molar-refractivity contribution in [3.05, 3.63) is 70.3 Å². The van der Waals surface area contributed by atoms with Crippen molar-refractivity contribution in [3.8, 4) is 0 Å². The molecule has 3 unspecified atom stereocenters. The van der Waals surface area contributed by atoms with Gasteiger partial charge in [0.1, 0.15) is 5.82 Å². The van der Waals surface area contributed by atoms with Gasteiger partial charge in [-0.15, -0.1) is 0 Å². The molecule has 3 aliphatic rings. The topological polar surface area (TPSA) is 79.3 Å². The van der Waals surface area contributed by atoms with Gasteiger partial charge >= 0.3 is 0 Å². The number of carbonyl (C=O) groups is 2. The number of ketones is 1. The highest BCUT2D eigenvalue weighted by Crippen LogP contribution is 2.63. The minimum atomic E-state index is -0.660. The fourth-order valence-electron chi connectivity index (χ4n) is 6.96. The van der Waals surface area contributed by atoms with E-state index < -0.39 is 11.4 Å². The lowest BCUT2D eigenvalue weighted by Crippen LogP contribution is -2.44. The number of halogens is 2. The quantitative estimate of drug-likeness (QED) is 0.318. The van der Waals surface area contributed by atoms with Crippen LogP contribution in [0.3, 0.4) is 0 Å². The van der Waals surface area contributed by atoms with Gasteiger partial charge in [0, 0.05) is 22.4 Å². The van der Waals surface area contributed by atoms with Crippen LogP contribution < -0.4 is 5.32 Å². The van der Waals surface area contributed by atoms with Crippen molar-refractivity contribution in [2.45, 2.75) is 51.4 Å². The van der Waals surface area contributed by atoms with Crippen LogP contribution >= 0.6 is 11.6 Å². The molecule has 0 radical (unpaired) electrons.